The van der Waals surface area contributed by atoms with Gasteiger partial charge in [-0.3, -0.25) is 9.69 Å². The summed E-state index contributed by atoms with van der Waals surface area (Å²) in [5.41, 5.74) is -0.455. The van der Waals surface area contributed by atoms with E-state index in [2.05, 4.69) is 14.7 Å². The molecule has 0 saturated carbocycles. The van der Waals surface area contributed by atoms with Crippen molar-refractivity contribution >= 4 is 17.3 Å². The average Bonchev–Trinajstić information content (AvgIpc) is 3.11. The van der Waals surface area contributed by atoms with Gasteiger partial charge in [0.15, 0.2) is 0 Å². The zero-order chi connectivity index (χ0) is 26.0. The molecule has 35 heavy (non-hydrogen) atoms. The number of nitrogens with zero attached hydrogens (tertiary/aromatic N) is 3. The van der Waals surface area contributed by atoms with Gasteiger partial charge >= 0.3 is 12.6 Å². The molecule has 194 valence electrons. The van der Waals surface area contributed by atoms with Gasteiger partial charge in [0.1, 0.15) is 5.01 Å². The average molecular weight is 518 g/mol. The number of hydrogen-bond donors (Lipinski definition) is 1. The van der Waals surface area contributed by atoms with Crippen LogP contribution in [0.3, 0.4) is 0 Å². The molecule has 0 amide bonds. The summed E-state index contributed by atoms with van der Waals surface area (Å²) in [4.78, 5) is 23.6. The molecule has 1 fully saturated rings. The van der Waals surface area contributed by atoms with Crippen molar-refractivity contribution < 1.29 is 32.2 Å². The first kappa shape index (κ1) is 27.3. The summed E-state index contributed by atoms with van der Waals surface area (Å²) < 4.78 is 56.3. The van der Waals surface area contributed by atoms with Crippen molar-refractivity contribution in [3.05, 3.63) is 28.9 Å². The molecule has 0 aliphatic carbocycles. The molecular weight excluding hydrogens is 486 g/mol. The Balaban J connectivity index is 1.90. The van der Waals surface area contributed by atoms with E-state index in [4.69, 9.17) is 0 Å². The predicted octanol–water partition coefficient (Wildman–Crippen LogP) is 6.10. The van der Waals surface area contributed by atoms with Crippen LogP contribution < -0.4 is 4.74 Å². The molecule has 1 aliphatic heterocycles. The monoisotopic (exact) mass is 517 g/mol. The van der Waals surface area contributed by atoms with Gasteiger partial charge in [-0.2, -0.15) is 8.78 Å². The van der Waals surface area contributed by atoms with Gasteiger partial charge in [-0.15, -0.1) is 11.3 Å². The van der Waals surface area contributed by atoms with Crippen molar-refractivity contribution in [1.29, 1.82) is 0 Å². The standard InChI is InChI=1S/C24H31F4N3O3S/c1-14-17(35-20(30-14)16-6-5-9-29-19(16)34-22(27)28)12-31-11-15(23(2,3)4)10-24(13-31,21(32)33)8-7-18(25)26/h5-6,9,15,18,22H,7-8,10-13H2,1-4H3,(H,32,33)/t15-,24-/m1/s1. The number of likely N-dealkylation sites (tertiary alicyclic amines) is 1. The van der Waals surface area contributed by atoms with Crippen LogP contribution in [-0.4, -0.2) is 52.1 Å². The van der Waals surface area contributed by atoms with E-state index >= 15 is 0 Å². The highest BCUT2D eigenvalue weighted by Gasteiger charge is 2.48. The number of thiazole rings is 1. The lowest BCUT2D eigenvalue weighted by Crippen LogP contribution is -2.53. The molecule has 3 rings (SSSR count). The van der Waals surface area contributed by atoms with Crippen molar-refractivity contribution in [2.24, 2.45) is 16.7 Å². The summed E-state index contributed by atoms with van der Waals surface area (Å²) in [5, 5.41) is 10.6. The summed E-state index contributed by atoms with van der Waals surface area (Å²) in [6.07, 6.45) is -1.43. The number of alkyl halides is 4. The van der Waals surface area contributed by atoms with E-state index in [9.17, 15) is 27.5 Å². The lowest BCUT2D eigenvalue weighted by atomic mass is 9.65. The largest absolute Gasteiger partial charge is 0.481 e. The van der Waals surface area contributed by atoms with Gasteiger partial charge in [0, 0.05) is 37.1 Å². The number of pyridine rings is 1. The first-order chi connectivity index (χ1) is 16.3. The normalized spacial score (nSPS) is 21.6. The Bertz CT molecular complexity index is 1030. The molecule has 0 bridgehead atoms. The topological polar surface area (TPSA) is 75.6 Å². The van der Waals surface area contributed by atoms with E-state index in [1.165, 1.54) is 17.5 Å². The van der Waals surface area contributed by atoms with Gasteiger partial charge in [-0.05, 0) is 43.2 Å². The fourth-order valence-corrected chi connectivity index (χ4v) is 5.68. The van der Waals surface area contributed by atoms with Gasteiger partial charge in [0.2, 0.25) is 12.3 Å². The Kier molecular flexibility index (Phi) is 8.41. The Labute approximate surface area is 206 Å². The number of piperidine rings is 1. The minimum absolute atomic E-state index is 0.0120. The van der Waals surface area contributed by atoms with Crippen LogP contribution in [0.5, 0.6) is 5.88 Å². The number of ether oxygens (including phenoxy) is 1. The first-order valence-corrected chi connectivity index (χ1v) is 12.2. The maximum Gasteiger partial charge on any atom is 0.388 e. The molecular formula is C24H31F4N3O3S. The zero-order valence-corrected chi connectivity index (χ0v) is 21.0. The van der Waals surface area contributed by atoms with E-state index < -0.39 is 30.8 Å². The number of hydrogen-bond acceptors (Lipinski definition) is 6. The lowest BCUT2D eigenvalue weighted by Gasteiger charge is -2.48. The third-order valence-corrected chi connectivity index (χ3v) is 7.80. The number of aromatic nitrogens is 2. The van der Waals surface area contributed by atoms with E-state index in [1.807, 2.05) is 25.7 Å². The summed E-state index contributed by atoms with van der Waals surface area (Å²) in [6.45, 7) is 6.02. The minimum atomic E-state index is -3.02. The Morgan fingerprint density at radius 3 is 2.66 bits per heavy atom. The summed E-state index contributed by atoms with van der Waals surface area (Å²) >= 11 is 1.30. The summed E-state index contributed by atoms with van der Waals surface area (Å²) in [5.74, 6) is -1.28. The Hall–Kier alpha value is -2.27. The zero-order valence-electron chi connectivity index (χ0n) is 20.2. The van der Waals surface area contributed by atoms with Crippen LogP contribution in [0.4, 0.5) is 17.6 Å². The van der Waals surface area contributed by atoms with Crippen molar-refractivity contribution in [2.45, 2.75) is 66.5 Å². The van der Waals surface area contributed by atoms with Crippen LogP contribution in [0.1, 0.15) is 50.6 Å². The minimum Gasteiger partial charge on any atom is -0.481 e. The van der Waals surface area contributed by atoms with Crippen LogP contribution >= 0.6 is 11.3 Å². The summed E-state index contributed by atoms with van der Waals surface area (Å²) in [6, 6.07) is 3.20. The van der Waals surface area contributed by atoms with E-state index in [0.717, 1.165) is 4.88 Å². The molecule has 0 spiro atoms. The number of aryl methyl sites for hydroxylation is 1. The van der Waals surface area contributed by atoms with Crippen molar-refractivity contribution in [1.82, 2.24) is 14.9 Å². The molecule has 11 heteroatoms. The molecule has 0 aromatic carbocycles. The van der Waals surface area contributed by atoms with E-state index in [0.29, 0.717) is 35.8 Å². The number of carboxylic acids is 1. The van der Waals surface area contributed by atoms with Crippen LogP contribution in [0, 0.1) is 23.7 Å². The third kappa shape index (κ3) is 6.69. The highest BCUT2D eigenvalue weighted by molar-refractivity contribution is 7.15. The predicted molar refractivity (Wildman–Crippen MR) is 125 cm³/mol. The molecule has 1 aliphatic rings. The number of halogens is 4. The number of carbonyl (C=O) groups is 1. The molecule has 2 aromatic rings. The molecule has 1 N–H and O–H groups in total. The van der Waals surface area contributed by atoms with Gasteiger partial charge in [0.05, 0.1) is 16.7 Å². The first-order valence-electron chi connectivity index (χ1n) is 11.4. The summed E-state index contributed by atoms with van der Waals surface area (Å²) in [7, 11) is 0. The van der Waals surface area contributed by atoms with Crippen molar-refractivity contribution in [3.8, 4) is 16.5 Å². The van der Waals surface area contributed by atoms with Gasteiger partial charge in [-0.25, -0.2) is 18.7 Å². The molecule has 0 radical (unpaired) electrons. The third-order valence-electron chi connectivity index (χ3n) is 6.62. The van der Waals surface area contributed by atoms with E-state index in [1.54, 1.807) is 19.1 Å². The van der Waals surface area contributed by atoms with Crippen molar-refractivity contribution in [3.63, 3.8) is 0 Å². The van der Waals surface area contributed by atoms with Crippen LogP contribution in [0.25, 0.3) is 10.6 Å². The SMILES string of the molecule is Cc1nc(-c2cccnc2OC(F)F)sc1CN1C[C@H](C(C)(C)C)C[C@@](CCC(F)F)(C(=O)O)C1. The van der Waals surface area contributed by atoms with Gasteiger partial charge < -0.3 is 9.84 Å². The number of rotatable bonds is 9. The number of aliphatic carboxylic acids is 1. The van der Waals surface area contributed by atoms with Crippen molar-refractivity contribution in [2.75, 3.05) is 13.1 Å². The van der Waals surface area contributed by atoms with Gasteiger partial charge in [0.25, 0.3) is 0 Å². The molecule has 1 saturated heterocycles. The van der Waals surface area contributed by atoms with Crippen LogP contribution in [0.15, 0.2) is 18.3 Å². The Morgan fingerprint density at radius 2 is 2.06 bits per heavy atom. The van der Waals surface area contributed by atoms with Crippen LogP contribution in [0.2, 0.25) is 0 Å². The quantitative estimate of drug-likeness (QED) is 0.405. The van der Waals surface area contributed by atoms with Crippen LogP contribution in [-0.2, 0) is 11.3 Å². The maximum absolute atomic E-state index is 13.1. The van der Waals surface area contributed by atoms with Gasteiger partial charge in [-0.1, -0.05) is 20.8 Å². The Morgan fingerprint density at radius 1 is 1.34 bits per heavy atom. The number of carboxylic acid groups (broad SMARTS) is 1. The smallest absolute Gasteiger partial charge is 0.388 e. The fourth-order valence-electron chi connectivity index (χ4n) is 4.56. The highest BCUT2D eigenvalue weighted by Crippen LogP contribution is 2.45. The second-order valence-electron chi connectivity index (χ2n) is 10.2. The molecule has 3 heterocycles. The molecule has 2 aromatic heterocycles. The second kappa shape index (κ2) is 10.8. The second-order valence-corrected chi connectivity index (χ2v) is 11.3. The maximum atomic E-state index is 13.1. The molecule has 2 atom stereocenters. The molecule has 6 nitrogen and oxygen atoms in total. The highest BCUT2D eigenvalue weighted by atomic mass is 32.1. The fraction of sp³-hybridized carbons (Fsp3) is 0.625. The van der Waals surface area contributed by atoms with E-state index in [-0.39, 0.29) is 30.2 Å². The lowest BCUT2D eigenvalue weighted by molar-refractivity contribution is -0.157. The molecule has 0 unspecified atom stereocenters.